The van der Waals surface area contributed by atoms with Gasteiger partial charge in [-0.15, -0.1) is 0 Å². The highest BCUT2D eigenvalue weighted by Crippen LogP contribution is 2.31. The maximum absolute atomic E-state index is 12.9. The van der Waals surface area contributed by atoms with E-state index in [1.54, 1.807) is 50.2 Å². The van der Waals surface area contributed by atoms with E-state index in [4.69, 9.17) is 9.47 Å². The Kier molecular flexibility index (Phi) is 6.49. The van der Waals surface area contributed by atoms with E-state index in [0.29, 0.717) is 23.5 Å². The van der Waals surface area contributed by atoms with Gasteiger partial charge in [0.2, 0.25) is 5.91 Å². The van der Waals surface area contributed by atoms with Gasteiger partial charge in [0.1, 0.15) is 5.75 Å². The molecule has 7 heteroatoms. The molecular weight excluding hydrogens is 372 g/mol. The number of nitrogens with zero attached hydrogens (tertiary/aromatic N) is 1. The minimum atomic E-state index is -0.803. The number of rotatable bonds is 6. The van der Waals surface area contributed by atoms with Crippen molar-refractivity contribution < 1.29 is 23.9 Å². The second kappa shape index (κ2) is 9.23. The third kappa shape index (κ3) is 4.93. The number of esters is 1. The smallest absolute Gasteiger partial charge is 0.347 e. The lowest BCUT2D eigenvalue weighted by Gasteiger charge is -2.27. The Morgan fingerprint density at radius 2 is 1.83 bits per heavy atom. The molecule has 1 aliphatic rings. The monoisotopic (exact) mass is 396 g/mol. The average molecular weight is 396 g/mol. The lowest BCUT2D eigenvalue weighted by molar-refractivity contribution is -0.155. The van der Waals surface area contributed by atoms with Crippen molar-refractivity contribution in [2.24, 2.45) is 0 Å². The van der Waals surface area contributed by atoms with Gasteiger partial charge < -0.3 is 19.7 Å². The van der Waals surface area contributed by atoms with Crippen LogP contribution in [-0.2, 0) is 19.1 Å². The number of ether oxygens (including phenoxy) is 2. The third-order valence-electron chi connectivity index (χ3n) is 4.62. The van der Waals surface area contributed by atoms with Crippen molar-refractivity contribution in [3.05, 3.63) is 54.6 Å². The van der Waals surface area contributed by atoms with Crippen LogP contribution in [0.15, 0.2) is 54.6 Å². The normalized spacial score (nSPS) is 16.8. The molecule has 3 rings (SSSR count). The van der Waals surface area contributed by atoms with Gasteiger partial charge in [0.25, 0.3) is 5.91 Å². The van der Waals surface area contributed by atoms with Crippen LogP contribution >= 0.6 is 0 Å². The first-order chi connectivity index (χ1) is 14.0. The van der Waals surface area contributed by atoms with Crippen LogP contribution in [0.5, 0.6) is 5.75 Å². The third-order valence-corrected chi connectivity index (χ3v) is 4.62. The van der Waals surface area contributed by atoms with Crippen LogP contribution in [0.25, 0.3) is 0 Å². The van der Waals surface area contributed by atoms with E-state index >= 15 is 0 Å². The van der Waals surface area contributed by atoms with E-state index in [9.17, 15) is 14.4 Å². The highest BCUT2D eigenvalue weighted by molar-refractivity contribution is 6.05. The zero-order chi connectivity index (χ0) is 20.8. The van der Waals surface area contributed by atoms with Crippen molar-refractivity contribution in [3.8, 4) is 5.75 Å². The summed E-state index contributed by atoms with van der Waals surface area (Å²) in [5.41, 5.74) is 1.14. The molecule has 2 aromatic carbocycles. The molecule has 1 N–H and O–H groups in total. The van der Waals surface area contributed by atoms with Gasteiger partial charge in [-0.05, 0) is 37.6 Å². The summed E-state index contributed by atoms with van der Waals surface area (Å²) < 4.78 is 10.9. The molecule has 0 bridgehead atoms. The van der Waals surface area contributed by atoms with Crippen LogP contribution < -0.4 is 15.0 Å². The lowest BCUT2D eigenvalue weighted by Crippen LogP contribution is -2.42. The summed E-state index contributed by atoms with van der Waals surface area (Å²) in [6, 6.07) is 15.7. The number of carbonyl (C=O) groups is 3. The average Bonchev–Trinajstić information content (AvgIpc) is 2.84. The summed E-state index contributed by atoms with van der Waals surface area (Å²) in [5, 5.41) is 2.80. The zero-order valence-electron chi connectivity index (χ0n) is 16.5. The number of fused-ring (bicyclic) bond motifs is 1. The summed E-state index contributed by atoms with van der Waals surface area (Å²) in [4.78, 5) is 38.8. The summed E-state index contributed by atoms with van der Waals surface area (Å²) in [6.45, 7) is 3.16. The highest BCUT2D eigenvalue weighted by Gasteiger charge is 2.30. The highest BCUT2D eigenvalue weighted by atomic mass is 16.6. The maximum atomic E-state index is 12.9. The molecule has 1 aliphatic heterocycles. The van der Waals surface area contributed by atoms with E-state index in [1.165, 1.54) is 4.90 Å². The fourth-order valence-corrected chi connectivity index (χ4v) is 3.22. The van der Waals surface area contributed by atoms with Crippen molar-refractivity contribution in [3.63, 3.8) is 0 Å². The summed E-state index contributed by atoms with van der Waals surface area (Å²) >= 11 is 0. The molecule has 29 heavy (non-hydrogen) atoms. The van der Waals surface area contributed by atoms with Gasteiger partial charge in [-0.3, -0.25) is 9.59 Å². The second-order valence-electron chi connectivity index (χ2n) is 6.82. The van der Waals surface area contributed by atoms with Crippen molar-refractivity contribution in [1.82, 2.24) is 0 Å². The van der Waals surface area contributed by atoms with E-state index < -0.39 is 24.6 Å². The van der Waals surface area contributed by atoms with Crippen molar-refractivity contribution in [2.45, 2.75) is 38.8 Å². The first-order valence-electron chi connectivity index (χ1n) is 9.59. The van der Waals surface area contributed by atoms with Gasteiger partial charge in [0.05, 0.1) is 11.4 Å². The first-order valence-corrected chi connectivity index (χ1v) is 9.59. The van der Waals surface area contributed by atoms with Crippen molar-refractivity contribution in [2.75, 3.05) is 16.8 Å². The SMILES string of the molecule is CC[C@H](Oc1ccccc1)C(=O)OCC(=O)N1c2ccccc2NC(=O)C[C@@H]1C. The number of hydrogen-bond acceptors (Lipinski definition) is 5. The number of amides is 2. The number of nitrogens with one attached hydrogen (secondary N) is 1. The Morgan fingerprint density at radius 3 is 2.55 bits per heavy atom. The molecule has 152 valence electrons. The fourth-order valence-electron chi connectivity index (χ4n) is 3.22. The Balaban J connectivity index is 1.67. The quantitative estimate of drug-likeness (QED) is 0.758. The van der Waals surface area contributed by atoms with Gasteiger partial charge in [-0.25, -0.2) is 4.79 Å². The minimum absolute atomic E-state index is 0.156. The molecular formula is C22H24N2O5. The van der Waals surface area contributed by atoms with Crippen LogP contribution in [0.1, 0.15) is 26.7 Å². The predicted octanol–water partition coefficient (Wildman–Crippen LogP) is 3.15. The number of anilines is 2. The molecule has 2 amide bonds. The number of para-hydroxylation sites is 3. The molecule has 2 atom stereocenters. The fraction of sp³-hybridized carbons (Fsp3) is 0.318. The van der Waals surface area contributed by atoms with Crippen LogP contribution in [0, 0.1) is 0 Å². The Morgan fingerprint density at radius 1 is 1.14 bits per heavy atom. The molecule has 1 heterocycles. The number of hydrogen-bond donors (Lipinski definition) is 1. The van der Waals surface area contributed by atoms with Crippen LogP contribution in [-0.4, -0.2) is 36.5 Å². The molecule has 0 aliphatic carbocycles. The van der Waals surface area contributed by atoms with E-state index in [2.05, 4.69) is 5.32 Å². The van der Waals surface area contributed by atoms with Crippen molar-refractivity contribution in [1.29, 1.82) is 0 Å². The van der Waals surface area contributed by atoms with Gasteiger partial charge in [-0.2, -0.15) is 0 Å². The lowest BCUT2D eigenvalue weighted by atomic mass is 10.1. The van der Waals surface area contributed by atoms with E-state index in [0.717, 1.165) is 0 Å². The molecule has 0 aromatic heterocycles. The van der Waals surface area contributed by atoms with Crippen LogP contribution in [0.3, 0.4) is 0 Å². The molecule has 0 spiro atoms. The summed E-state index contributed by atoms with van der Waals surface area (Å²) in [7, 11) is 0. The van der Waals surface area contributed by atoms with Gasteiger partial charge >= 0.3 is 5.97 Å². The Bertz CT molecular complexity index is 884. The summed E-state index contributed by atoms with van der Waals surface area (Å²) in [6.07, 6.45) is -0.242. The number of benzene rings is 2. The Labute approximate surface area is 169 Å². The molecule has 7 nitrogen and oxygen atoms in total. The predicted molar refractivity (Wildman–Crippen MR) is 109 cm³/mol. The Hall–Kier alpha value is -3.35. The number of carbonyl (C=O) groups excluding carboxylic acids is 3. The first kappa shape index (κ1) is 20.4. The van der Waals surface area contributed by atoms with E-state index in [-0.39, 0.29) is 18.4 Å². The molecule has 0 saturated carbocycles. The van der Waals surface area contributed by atoms with Gasteiger partial charge in [-0.1, -0.05) is 37.3 Å². The summed E-state index contributed by atoms with van der Waals surface area (Å²) in [5.74, 6) is -0.610. The van der Waals surface area contributed by atoms with E-state index in [1.807, 2.05) is 18.2 Å². The zero-order valence-corrected chi connectivity index (χ0v) is 16.5. The maximum Gasteiger partial charge on any atom is 0.347 e. The van der Waals surface area contributed by atoms with Crippen LogP contribution in [0.4, 0.5) is 11.4 Å². The molecule has 0 fully saturated rings. The molecule has 0 saturated heterocycles. The molecule has 0 radical (unpaired) electrons. The minimum Gasteiger partial charge on any atom is -0.479 e. The largest absolute Gasteiger partial charge is 0.479 e. The van der Waals surface area contributed by atoms with Crippen LogP contribution in [0.2, 0.25) is 0 Å². The standard InChI is InChI=1S/C22H24N2O5/c1-3-19(29-16-9-5-4-6-10-16)22(27)28-14-21(26)24-15(2)13-20(25)23-17-11-7-8-12-18(17)24/h4-12,15,19H,3,13-14H2,1-2H3,(H,23,25)/t15-,19-/m0/s1. The van der Waals surface area contributed by atoms with Crippen molar-refractivity contribution >= 4 is 29.2 Å². The second-order valence-corrected chi connectivity index (χ2v) is 6.82. The van der Waals surface area contributed by atoms with Gasteiger partial charge in [0, 0.05) is 12.5 Å². The molecule has 0 unspecified atom stereocenters. The topological polar surface area (TPSA) is 84.9 Å². The molecule has 2 aromatic rings. The van der Waals surface area contributed by atoms with Gasteiger partial charge in [0.15, 0.2) is 12.7 Å².